The highest BCUT2D eigenvalue weighted by atomic mass is 35.5. The molecule has 1 atom stereocenters. The van der Waals surface area contributed by atoms with Crippen LogP contribution >= 0.6 is 12.4 Å². The molecular formula is C23H28ClN3O2. The van der Waals surface area contributed by atoms with Crippen LogP contribution in [0.4, 0.5) is 0 Å². The molecule has 0 aliphatic carbocycles. The molecule has 1 saturated heterocycles. The lowest BCUT2D eigenvalue weighted by molar-refractivity contribution is -0.125. The van der Waals surface area contributed by atoms with Crippen molar-refractivity contribution in [3.63, 3.8) is 0 Å². The summed E-state index contributed by atoms with van der Waals surface area (Å²) < 4.78 is 5.31. The maximum Gasteiger partial charge on any atom is 0.223 e. The summed E-state index contributed by atoms with van der Waals surface area (Å²) >= 11 is 0. The minimum Gasteiger partial charge on any atom is -0.497 e. The summed E-state index contributed by atoms with van der Waals surface area (Å²) in [5, 5.41) is 7.73. The Bertz CT molecular complexity index is 933. The third-order valence-corrected chi connectivity index (χ3v) is 5.71. The molecule has 3 N–H and O–H groups in total. The van der Waals surface area contributed by atoms with Crippen LogP contribution in [-0.2, 0) is 4.79 Å². The summed E-state index contributed by atoms with van der Waals surface area (Å²) in [7, 11) is 1.67. The molecule has 1 unspecified atom stereocenters. The molecule has 1 aliphatic rings. The van der Waals surface area contributed by atoms with Gasteiger partial charge in [-0.3, -0.25) is 4.79 Å². The third kappa shape index (κ3) is 4.74. The average Bonchev–Trinajstić information content (AvgIpc) is 3.19. The number of halogens is 1. The minimum absolute atomic E-state index is 0. The van der Waals surface area contributed by atoms with Gasteiger partial charge in [0, 0.05) is 35.5 Å². The second kappa shape index (κ2) is 9.81. The summed E-state index contributed by atoms with van der Waals surface area (Å²) in [4.78, 5) is 16.1. The normalized spacial score (nSPS) is 15.5. The summed E-state index contributed by atoms with van der Waals surface area (Å²) in [5.41, 5.74) is 3.48. The Labute approximate surface area is 177 Å². The highest BCUT2D eigenvalue weighted by molar-refractivity contribution is 5.85. The highest BCUT2D eigenvalue weighted by Gasteiger charge is 2.23. The van der Waals surface area contributed by atoms with E-state index in [0.717, 1.165) is 42.8 Å². The molecule has 3 aromatic rings. The van der Waals surface area contributed by atoms with Crippen molar-refractivity contribution in [2.24, 2.45) is 5.92 Å². The summed E-state index contributed by atoms with van der Waals surface area (Å²) in [6, 6.07) is 16.4. The van der Waals surface area contributed by atoms with Crippen LogP contribution in [0.5, 0.6) is 5.75 Å². The van der Waals surface area contributed by atoms with Crippen LogP contribution in [0.25, 0.3) is 10.9 Å². The number of ether oxygens (including phenoxy) is 1. The van der Waals surface area contributed by atoms with E-state index in [1.165, 1.54) is 10.9 Å². The van der Waals surface area contributed by atoms with Crippen LogP contribution in [0.3, 0.4) is 0 Å². The van der Waals surface area contributed by atoms with Gasteiger partial charge in [-0.1, -0.05) is 30.3 Å². The summed E-state index contributed by atoms with van der Waals surface area (Å²) in [5.74, 6) is 1.19. The van der Waals surface area contributed by atoms with Crippen LogP contribution in [0.1, 0.15) is 29.9 Å². The Morgan fingerprint density at radius 1 is 1.14 bits per heavy atom. The van der Waals surface area contributed by atoms with E-state index in [1.54, 1.807) is 7.11 Å². The lowest BCUT2D eigenvalue weighted by Gasteiger charge is -2.24. The first-order valence-electron chi connectivity index (χ1n) is 9.94. The fourth-order valence-electron chi connectivity index (χ4n) is 4.06. The van der Waals surface area contributed by atoms with Gasteiger partial charge in [0.1, 0.15) is 5.75 Å². The molecule has 2 heterocycles. The Balaban J connectivity index is 0.00000240. The summed E-state index contributed by atoms with van der Waals surface area (Å²) in [6.07, 6.45) is 3.88. The van der Waals surface area contributed by atoms with Crippen molar-refractivity contribution in [1.82, 2.24) is 15.6 Å². The van der Waals surface area contributed by atoms with Gasteiger partial charge in [0.25, 0.3) is 0 Å². The first-order valence-corrected chi connectivity index (χ1v) is 9.94. The number of aromatic nitrogens is 1. The zero-order chi connectivity index (χ0) is 19.3. The first kappa shape index (κ1) is 21.2. The number of carbonyl (C=O) groups is 1. The Hall–Kier alpha value is -2.50. The molecule has 0 bridgehead atoms. The number of benzene rings is 2. The predicted octanol–water partition coefficient (Wildman–Crippen LogP) is 3.85. The quantitative estimate of drug-likeness (QED) is 0.575. The van der Waals surface area contributed by atoms with E-state index in [1.807, 2.05) is 18.2 Å². The number of carbonyl (C=O) groups excluding carboxylic acids is 1. The van der Waals surface area contributed by atoms with E-state index in [-0.39, 0.29) is 30.2 Å². The van der Waals surface area contributed by atoms with Crippen LogP contribution < -0.4 is 15.4 Å². The number of nitrogens with one attached hydrogen (secondary N) is 3. The van der Waals surface area contributed by atoms with Gasteiger partial charge in [0.15, 0.2) is 0 Å². The van der Waals surface area contributed by atoms with E-state index >= 15 is 0 Å². The fourth-order valence-corrected chi connectivity index (χ4v) is 4.06. The molecule has 0 spiro atoms. The maximum absolute atomic E-state index is 12.7. The number of amides is 1. The molecule has 1 aliphatic heterocycles. The molecule has 0 radical (unpaired) electrons. The Morgan fingerprint density at radius 3 is 2.59 bits per heavy atom. The van der Waals surface area contributed by atoms with Crippen LogP contribution in [0.15, 0.2) is 54.7 Å². The van der Waals surface area contributed by atoms with Crippen molar-refractivity contribution >= 4 is 29.2 Å². The van der Waals surface area contributed by atoms with Gasteiger partial charge in [0.2, 0.25) is 5.91 Å². The largest absolute Gasteiger partial charge is 0.497 e. The van der Waals surface area contributed by atoms with Crippen molar-refractivity contribution in [3.8, 4) is 5.75 Å². The van der Waals surface area contributed by atoms with Gasteiger partial charge in [-0.2, -0.15) is 0 Å². The minimum atomic E-state index is 0. The van der Waals surface area contributed by atoms with E-state index in [2.05, 4.69) is 52.1 Å². The SMILES string of the molecule is COc1ccc(C(CNC(=O)C2CCNCC2)c2c[nH]c3ccccc23)cc1.Cl. The number of hydrogen-bond donors (Lipinski definition) is 3. The van der Waals surface area contributed by atoms with Gasteiger partial charge in [-0.05, 0) is 55.3 Å². The van der Waals surface area contributed by atoms with Gasteiger partial charge in [0.05, 0.1) is 7.11 Å². The molecule has 1 amide bonds. The van der Waals surface area contributed by atoms with Crippen LogP contribution in [0, 0.1) is 5.92 Å². The predicted molar refractivity (Wildman–Crippen MR) is 119 cm³/mol. The van der Waals surface area contributed by atoms with E-state index in [0.29, 0.717) is 6.54 Å². The topological polar surface area (TPSA) is 66.2 Å². The third-order valence-electron chi connectivity index (χ3n) is 5.71. The van der Waals surface area contributed by atoms with Gasteiger partial charge in [-0.25, -0.2) is 0 Å². The van der Waals surface area contributed by atoms with Gasteiger partial charge < -0.3 is 20.4 Å². The Kier molecular flexibility index (Phi) is 7.18. The number of hydrogen-bond acceptors (Lipinski definition) is 3. The fraction of sp³-hybridized carbons (Fsp3) is 0.348. The molecule has 5 nitrogen and oxygen atoms in total. The van der Waals surface area contributed by atoms with Crippen molar-refractivity contribution < 1.29 is 9.53 Å². The molecule has 4 rings (SSSR count). The summed E-state index contributed by atoms with van der Waals surface area (Å²) in [6.45, 7) is 2.42. The number of piperidine rings is 1. The number of aromatic amines is 1. The number of fused-ring (bicyclic) bond motifs is 1. The molecule has 2 aromatic carbocycles. The molecular weight excluding hydrogens is 386 g/mol. The lowest BCUT2D eigenvalue weighted by atomic mass is 9.90. The number of para-hydroxylation sites is 1. The van der Waals surface area contributed by atoms with E-state index < -0.39 is 0 Å². The molecule has 1 fully saturated rings. The molecule has 29 heavy (non-hydrogen) atoms. The molecule has 6 heteroatoms. The van der Waals surface area contributed by atoms with Crippen molar-refractivity contribution in [3.05, 3.63) is 65.9 Å². The second-order valence-electron chi connectivity index (χ2n) is 7.38. The standard InChI is InChI=1S/C23H27N3O2.ClH/c1-28-18-8-6-16(7-9-18)20(14-26-23(27)17-10-12-24-13-11-17)21-15-25-22-5-3-2-4-19(21)22;/h2-9,15,17,20,24-25H,10-14H2,1H3,(H,26,27);1H. The number of H-pyrrole nitrogens is 1. The zero-order valence-corrected chi connectivity index (χ0v) is 17.4. The monoisotopic (exact) mass is 413 g/mol. The Morgan fingerprint density at radius 2 is 1.86 bits per heavy atom. The zero-order valence-electron chi connectivity index (χ0n) is 16.6. The van der Waals surface area contributed by atoms with Gasteiger partial charge in [-0.15, -0.1) is 12.4 Å². The van der Waals surface area contributed by atoms with Gasteiger partial charge >= 0.3 is 0 Å². The van der Waals surface area contributed by atoms with E-state index in [9.17, 15) is 4.79 Å². The average molecular weight is 414 g/mol. The molecule has 0 saturated carbocycles. The number of rotatable bonds is 6. The number of methoxy groups -OCH3 is 1. The second-order valence-corrected chi connectivity index (χ2v) is 7.38. The lowest BCUT2D eigenvalue weighted by Crippen LogP contribution is -2.39. The van der Waals surface area contributed by atoms with Crippen LogP contribution in [-0.4, -0.2) is 37.6 Å². The maximum atomic E-state index is 12.7. The molecule has 154 valence electrons. The van der Waals surface area contributed by atoms with Crippen LogP contribution in [0.2, 0.25) is 0 Å². The van der Waals surface area contributed by atoms with Crippen molar-refractivity contribution in [2.75, 3.05) is 26.7 Å². The first-order chi connectivity index (χ1) is 13.8. The molecule has 1 aromatic heterocycles. The smallest absolute Gasteiger partial charge is 0.223 e. The highest BCUT2D eigenvalue weighted by Crippen LogP contribution is 2.31. The van der Waals surface area contributed by atoms with Crippen molar-refractivity contribution in [1.29, 1.82) is 0 Å². The van der Waals surface area contributed by atoms with Crippen molar-refractivity contribution in [2.45, 2.75) is 18.8 Å². The van der Waals surface area contributed by atoms with E-state index in [4.69, 9.17) is 4.74 Å².